The summed E-state index contributed by atoms with van der Waals surface area (Å²) in [6, 6.07) is 8.49. The SMILES string of the molecule is CC[C@H](C)c1ccccc1OC1CCNCC1. The highest BCUT2D eigenvalue weighted by Crippen LogP contribution is 2.29. The van der Waals surface area contributed by atoms with Gasteiger partial charge in [0, 0.05) is 0 Å². The first-order valence-corrected chi connectivity index (χ1v) is 6.77. The van der Waals surface area contributed by atoms with E-state index in [1.54, 1.807) is 0 Å². The van der Waals surface area contributed by atoms with Crippen molar-refractivity contribution in [2.75, 3.05) is 13.1 Å². The molecule has 0 saturated carbocycles. The molecule has 1 aliphatic heterocycles. The van der Waals surface area contributed by atoms with Gasteiger partial charge in [-0.1, -0.05) is 32.0 Å². The molecule has 1 heterocycles. The van der Waals surface area contributed by atoms with E-state index in [0.717, 1.165) is 38.1 Å². The van der Waals surface area contributed by atoms with Gasteiger partial charge in [0.1, 0.15) is 11.9 Å². The van der Waals surface area contributed by atoms with Crippen molar-refractivity contribution in [3.63, 3.8) is 0 Å². The number of piperidine rings is 1. The predicted molar refractivity (Wildman–Crippen MR) is 71.7 cm³/mol. The molecular formula is C15H23NO. The molecule has 1 N–H and O–H groups in total. The van der Waals surface area contributed by atoms with E-state index in [1.165, 1.54) is 5.56 Å². The third kappa shape index (κ3) is 3.22. The standard InChI is InChI=1S/C15H23NO/c1-3-12(2)14-6-4-5-7-15(14)17-13-8-10-16-11-9-13/h4-7,12-13,16H,3,8-11H2,1-2H3/t12-/m0/s1. The first-order chi connectivity index (χ1) is 8.31. The highest BCUT2D eigenvalue weighted by atomic mass is 16.5. The molecular weight excluding hydrogens is 210 g/mol. The van der Waals surface area contributed by atoms with Gasteiger partial charge in [0.25, 0.3) is 0 Å². The summed E-state index contributed by atoms with van der Waals surface area (Å²) >= 11 is 0. The summed E-state index contributed by atoms with van der Waals surface area (Å²) in [4.78, 5) is 0. The first kappa shape index (κ1) is 12.4. The van der Waals surface area contributed by atoms with Crippen molar-refractivity contribution in [3.8, 4) is 5.75 Å². The maximum atomic E-state index is 6.17. The summed E-state index contributed by atoms with van der Waals surface area (Å²) < 4.78 is 6.17. The van der Waals surface area contributed by atoms with Crippen molar-refractivity contribution in [2.45, 2.75) is 45.1 Å². The fraction of sp³-hybridized carbons (Fsp3) is 0.600. The monoisotopic (exact) mass is 233 g/mol. The Morgan fingerprint density at radius 2 is 2.00 bits per heavy atom. The molecule has 0 bridgehead atoms. The zero-order valence-corrected chi connectivity index (χ0v) is 10.9. The maximum absolute atomic E-state index is 6.17. The van der Waals surface area contributed by atoms with E-state index in [2.05, 4.69) is 43.4 Å². The van der Waals surface area contributed by atoms with Crippen LogP contribution in [0, 0.1) is 0 Å². The van der Waals surface area contributed by atoms with E-state index < -0.39 is 0 Å². The van der Waals surface area contributed by atoms with Gasteiger partial charge < -0.3 is 10.1 Å². The minimum atomic E-state index is 0.390. The van der Waals surface area contributed by atoms with Crippen molar-refractivity contribution in [1.29, 1.82) is 0 Å². The van der Waals surface area contributed by atoms with Gasteiger partial charge in [0.15, 0.2) is 0 Å². The van der Waals surface area contributed by atoms with Gasteiger partial charge >= 0.3 is 0 Å². The number of nitrogens with one attached hydrogen (secondary N) is 1. The second-order valence-electron chi connectivity index (χ2n) is 4.91. The second-order valence-corrected chi connectivity index (χ2v) is 4.91. The molecule has 0 aromatic heterocycles. The maximum Gasteiger partial charge on any atom is 0.123 e. The van der Waals surface area contributed by atoms with Crippen molar-refractivity contribution in [2.24, 2.45) is 0 Å². The van der Waals surface area contributed by atoms with Crippen LogP contribution < -0.4 is 10.1 Å². The molecule has 0 amide bonds. The summed E-state index contributed by atoms with van der Waals surface area (Å²) in [7, 11) is 0. The Kier molecular flexibility index (Phi) is 4.43. The van der Waals surface area contributed by atoms with Crippen LogP contribution in [0.5, 0.6) is 5.75 Å². The lowest BCUT2D eigenvalue weighted by Gasteiger charge is -2.26. The zero-order chi connectivity index (χ0) is 12.1. The van der Waals surface area contributed by atoms with E-state index in [4.69, 9.17) is 4.74 Å². The summed E-state index contributed by atoms with van der Waals surface area (Å²) in [5.74, 6) is 1.67. The number of ether oxygens (including phenoxy) is 1. The zero-order valence-electron chi connectivity index (χ0n) is 10.9. The molecule has 2 rings (SSSR count). The Balaban J connectivity index is 2.08. The van der Waals surface area contributed by atoms with E-state index in [-0.39, 0.29) is 0 Å². The topological polar surface area (TPSA) is 21.3 Å². The molecule has 1 aromatic carbocycles. The minimum Gasteiger partial charge on any atom is -0.490 e. The Morgan fingerprint density at radius 3 is 2.71 bits per heavy atom. The van der Waals surface area contributed by atoms with Crippen molar-refractivity contribution in [3.05, 3.63) is 29.8 Å². The molecule has 0 spiro atoms. The Morgan fingerprint density at radius 1 is 1.29 bits per heavy atom. The molecule has 17 heavy (non-hydrogen) atoms. The molecule has 1 atom stereocenters. The van der Waals surface area contributed by atoms with E-state index in [9.17, 15) is 0 Å². The fourth-order valence-electron chi connectivity index (χ4n) is 2.31. The lowest BCUT2D eigenvalue weighted by atomic mass is 9.97. The Labute approximate surface area is 104 Å². The molecule has 2 nitrogen and oxygen atoms in total. The van der Waals surface area contributed by atoms with Gasteiger partial charge in [-0.15, -0.1) is 0 Å². The smallest absolute Gasteiger partial charge is 0.123 e. The number of benzene rings is 1. The number of hydrogen-bond acceptors (Lipinski definition) is 2. The van der Waals surface area contributed by atoms with Gasteiger partial charge in [-0.3, -0.25) is 0 Å². The van der Waals surface area contributed by atoms with Crippen LogP contribution in [-0.4, -0.2) is 19.2 Å². The molecule has 0 radical (unpaired) electrons. The third-order valence-electron chi connectivity index (χ3n) is 3.64. The van der Waals surface area contributed by atoms with Gasteiger partial charge in [-0.2, -0.15) is 0 Å². The van der Waals surface area contributed by atoms with Crippen molar-refractivity contribution >= 4 is 0 Å². The highest BCUT2D eigenvalue weighted by molar-refractivity contribution is 5.36. The van der Waals surface area contributed by atoms with Crippen LogP contribution in [0.15, 0.2) is 24.3 Å². The molecule has 94 valence electrons. The molecule has 1 fully saturated rings. The average molecular weight is 233 g/mol. The molecule has 2 heteroatoms. The van der Waals surface area contributed by atoms with Gasteiger partial charge in [0.05, 0.1) is 0 Å². The van der Waals surface area contributed by atoms with E-state index >= 15 is 0 Å². The molecule has 1 saturated heterocycles. The van der Waals surface area contributed by atoms with Crippen LogP contribution >= 0.6 is 0 Å². The Bertz CT molecular complexity index is 345. The first-order valence-electron chi connectivity index (χ1n) is 6.77. The Hall–Kier alpha value is -1.02. The summed E-state index contributed by atoms with van der Waals surface area (Å²) in [6.45, 7) is 6.66. The fourth-order valence-corrected chi connectivity index (χ4v) is 2.31. The van der Waals surface area contributed by atoms with Crippen LogP contribution in [0.25, 0.3) is 0 Å². The number of rotatable bonds is 4. The second kappa shape index (κ2) is 6.06. The molecule has 1 aromatic rings. The summed E-state index contributed by atoms with van der Waals surface area (Å²) in [6.07, 6.45) is 3.79. The van der Waals surface area contributed by atoms with Gasteiger partial charge in [-0.05, 0) is 49.9 Å². The summed E-state index contributed by atoms with van der Waals surface area (Å²) in [5.41, 5.74) is 1.36. The van der Waals surface area contributed by atoms with Crippen LogP contribution in [0.2, 0.25) is 0 Å². The molecule has 0 unspecified atom stereocenters. The van der Waals surface area contributed by atoms with Crippen LogP contribution in [0.4, 0.5) is 0 Å². The normalized spacial score (nSPS) is 18.9. The quantitative estimate of drug-likeness (QED) is 0.861. The van der Waals surface area contributed by atoms with E-state index in [1.807, 2.05) is 0 Å². The van der Waals surface area contributed by atoms with Gasteiger partial charge in [-0.25, -0.2) is 0 Å². The minimum absolute atomic E-state index is 0.390. The number of para-hydroxylation sites is 1. The molecule has 0 aliphatic carbocycles. The third-order valence-corrected chi connectivity index (χ3v) is 3.64. The lowest BCUT2D eigenvalue weighted by molar-refractivity contribution is 0.160. The predicted octanol–water partition coefficient (Wildman–Crippen LogP) is 3.33. The van der Waals surface area contributed by atoms with Crippen LogP contribution in [0.1, 0.15) is 44.6 Å². The van der Waals surface area contributed by atoms with Gasteiger partial charge in [0.2, 0.25) is 0 Å². The summed E-state index contributed by atoms with van der Waals surface area (Å²) in [5, 5.41) is 3.37. The van der Waals surface area contributed by atoms with Crippen molar-refractivity contribution in [1.82, 2.24) is 5.32 Å². The van der Waals surface area contributed by atoms with Crippen LogP contribution in [-0.2, 0) is 0 Å². The van der Waals surface area contributed by atoms with Crippen molar-refractivity contribution < 1.29 is 4.74 Å². The van der Waals surface area contributed by atoms with Crippen LogP contribution in [0.3, 0.4) is 0 Å². The average Bonchev–Trinajstić information content (AvgIpc) is 2.40. The lowest BCUT2D eigenvalue weighted by Crippen LogP contribution is -2.34. The number of hydrogen-bond donors (Lipinski definition) is 1. The largest absolute Gasteiger partial charge is 0.490 e. The molecule has 1 aliphatic rings. The highest BCUT2D eigenvalue weighted by Gasteiger charge is 2.17. The van der Waals surface area contributed by atoms with E-state index in [0.29, 0.717) is 12.0 Å².